The number of pyridine rings is 2. The fourth-order valence-corrected chi connectivity index (χ4v) is 6.51. The smallest absolute Gasteiger partial charge is 0.408 e. The van der Waals surface area contributed by atoms with Gasteiger partial charge in [0.25, 0.3) is 0 Å². The maximum Gasteiger partial charge on any atom is 0.408 e. The Hall–Kier alpha value is -5.40. The van der Waals surface area contributed by atoms with Crippen LogP contribution < -0.4 is 16.4 Å². The summed E-state index contributed by atoms with van der Waals surface area (Å²) in [5.41, 5.74) is 7.40. The maximum absolute atomic E-state index is 12.5. The number of sulfone groups is 1. The molecule has 4 heterocycles. The van der Waals surface area contributed by atoms with Crippen LogP contribution in [0.15, 0.2) is 107 Å². The van der Waals surface area contributed by atoms with Crippen molar-refractivity contribution in [2.45, 2.75) is 80.8 Å². The maximum atomic E-state index is 12.5. The molecule has 0 aliphatic rings. The van der Waals surface area contributed by atoms with Crippen molar-refractivity contribution >= 4 is 44.9 Å². The number of amides is 2. The predicted octanol–water partition coefficient (Wildman–Crippen LogP) is 5.48. The molecule has 0 fully saturated rings. The molecule has 6 aromatic rings. The van der Waals surface area contributed by atoms with Gasteiger partial charge in [-0.25, -0.2) is 13.2 Å². The number of nitrogens with zero attached hydrogens (tertiary/aromatic N) is 6. The second kappa shape index (κ2) is 19.6. The highest BCUT2D eigenvalue weighted by Crippen LogP contribution is 2.21. The molecule has 2 amide bonds. The highest BCUT2D eigenvalue weighted by molar-refractivity contribution is 7.98. The van der Waals surface area contributed by atoms with Crippen LogP contribution in [-0.4, -0.2) is 86.5 Å². The van der Waals surface area contributed by atoms with Gasteiger partial charge in [-0.3, -0.25) is 13.6 Å². The standard InChI is InChI=1S/C21H26N4O3S.C20H25N5O4S/c1-21(2,3)28-20(26)22-17(14-27-13-15-8-6-5-7-9-15)19-24-23-18-11-10-16(29-4)12-25(18)19;1-20(2,21)19(26)22-16(13-29-12-14-7-5-4-6-8-14)18-24-23-17-10-9-15(11-25(17)18)30(3,27)28/h5-12,17H,13-14H2,1-4H3,(H,22,26);4-11,16H,12-13,21H2,1-3H3,(H,22,26)/t17-;16-/m01/s1. The third kappa shape index (κ3) is 13.0. The summed E-state index contributed by atoms with van der Waals surface area (Å²) in [6, 6.07) is 25.2. The number of rotatable bonds is 15. The number of aromatic nitrogens is 6. The predicted molar refractivity (Wildman–Crippen MR) is 224 cm³/mol. The number of nitrogens with one attached hydrogen (secondary N) is 2. The van der Waals surface area contributed by atoms with E-state index in [2.05, 4.69) is 31.0 Å². The number of hydrogen-bond acceptors (Lipinski definition) is 13. The van der Waals surface area contributed by atoms with Gasteiger partial charge in [-0.1, -0.05) is 60.7 Å². The molecule has 4 aromatic heterocycles. The average molecular weight is 846 g/mol. The molecule has 16 nitrogen and oxygen atoms in total. The minimum atomic E-state index is -3.43. The summed E-state index contributed by atoms with van der Waals surface area (Å²) in [5, 5.41) is 22.5. The van der Waals surface area contributed by atoms with Gasteiger partial charge in [0.1, 0.15) is 17.7 Å². The van der Waals surface area contributed by atoms with Gasteiger partial charge in [-0.05, 0) is 76.3 Å². The average Bonchev–Trinajstić information content (AvgIpc) is 3.81. The number of carbonyl (C=O) groups excluding carboxylic acids is 2. The van der Waals surface area contributed by atoms with E-state index in [1.165, 1.54) is 16.7 Å². The van der Waals surface area contributed by atoms with Crippen molar-refractivity contribution in [3.05, 3.63) is 120 Å². The first-order valence-corrected chi connectivity index (χ1v) is 21.8. The van der Waals surface area contributed by atoms with E-state index < -0.39 is 45.1 Å². The van der Waals surface area contributed by atoms with Crippen LogP contribution in [0.4, 0.5) is 4.79 Å². The molecule has 0 bridgehead atoms. The molecule has 0 radical (unpaired) electrons. The Bertz CT molecular complexity index is 2430. The number of ether oxygens (including phenoxy) is 3. The number of benzene rings is 2. The quantitative estimate of drug-likeness (QED) is 0.110. The fourth-order valence-electron chi connectivity index (χ4n) is 5.49. The first kappa shape index (κ1) is 44.7. The van der Waals surface area contributed by atoms with Gasteiger partial charge in [0.2, 0.25) is 5.91 Å². The van der Waals surface area contributed by atoms with Gasteiger partial charge < -0.3 is 30.6 Å². The zero-order valence-corrected chi connectivity index (χ0v) is 35.8. The van der Waals surface area contributed by atoms with Crippen LogP contribution in [0.2, 0.25) is 0 Å². The molecular formula is C41H51N9O7S2. The van der Waals surface area contributed by atoms with Gasteiger partial charge in [0.15, 0.2) is 32.8 Å². The molecule has 0 saturated carbocycles. The Morgan fingerprint density at radius 3 is 1.69 bits per heavy atom. The highest BCUT2D eigenvalue weighted by Gasteiger charge is 2.29. The molecule has 0 aliphatic heterocycles. The highest BCUT2D eigenvalue weighted by atomic mass is 32.2. The van der Waals surface area contributed by atoms with E-state index in [9.17, 15) is 18.0 Å². The van der Waals surface area contributed by atoms with Crippen molar-refractivity contribution in [1.82, 2.24) is 39.8 Å². The van der Waals surface area contributed by atoms with Crippen molar-refractivity contribution in [1.29, 1.82) is 0 Å². The van der Waals surface area contributed by atoms with Crippen molar-refractivity contribution in [3.63, 3.8) is 0 Å². The second-order valence-corrected chi connectivity index (χ2v) is 18.1. The first-order chi connectivity index (χ1) is 27.9. The van der Waals surface area contributed by atoms with E-state index in [0.29, 0.717) is 36.2 Å². The number of carbonyl (C=O) groups is 2. The summed E-state index contributed by atoms with van der Waals surface area (Å²) in [7, 11) is -3.43. The summed E-state index contributed by atoms with van der Waals surface area (Å²) in [6.45, 7) is 9.76. The number of nitrogens with two attached hydrogens (primary N) is 1. The Kier molecular flexibility index (Phi) is 14.8. The van der Waals surface area contributed by atoms with Crippen molar-refractivity contribution in [3.8, 4) is 0 Å². The lowest BCUT2D eigenvalue weighted by molar-refractivity contribution is -0.126. The minimum Gasteiger partial charge on any atom is -0.444 e. The monoisotopic (exact) mass is 845 g/mol. The lowest BCUT2D eigenvalue weighted by atomic mass is 10.1. The Balaban J connectivity index is 0.000000224. The van der Waals surface area contributed by atoms with E-state index in [-0.39, 0.29) is 18.1 Å². The van der Waals surface area contributed by atoms with E-state index in [1.807, 2.05) is 110 Å². The molecule has 59 heavy (non-hydrogen) atoms. The lowest BCUT2D eigenvalue weighted by Gasteiger charge is -2.23. The summed E-state index contributed by atoms with van der Waals surface area (Å²) < 4.78 is 44.4. The minimum absolute atomic E-state index is 0.0978. The Morgan fingerprint density at radius 1 is 0.729 bits per heavy atom. The van der Waals surface area contributed by atoms with Gasteiger partial charge in [0.05, 0.1) is 36.9 Å². The molecule has 2 atom stereocenters. The molecule has 0 unspecified atom stereocenters. The summed E-state index contributed by atoms with van der Waals surface area (Å²) in [5.74, 6) is 0.544. The second-order valence-electron chi connectivity index (χ2n) is 15.2. The van der Waals surface area contributed by atoms with Crippen LogP contribution in [0.5, 0.6) is 0 Å². The molecule has 0 aliphatic carbocycles. The topological polar surface area (TPSA) is 206 Å². The molecule has 2 aromatic carbocycles. The van der Waals surface area contributed by atoms with Crippen LogP contribution in [0, 0.1) is 0 Å². The van der Waals surface area contributed by atoms with E-state index in [4.69, 9.17) is 19.9 Å². The largest absolute Gasteiger partial charge is 0.444 e. The van der Waals surface area contributed by atoms with Gasteiger partial charge >= 0.3 is 6.09 Å². The normalized spacial score (nSPS) is 13.0. The Labute approximate surface area is 348 Å². The van der Waals surface area contributed by atoms with Gasteiger partial charge in [-0.15, -0.1) is 32.2 Å². The van der Waals surface area contributed by atoms with Crippen molar-refractivity contribution in [2.75, 3.05) is 25.7 Å². The number of fused-ring (bicyclic) bond motifs is 2. The van der Waals surface area contributed by atoms with Crippen LogP contribution in [-0.2, 0) is 42.1 Å². The van der Waals surface area contributed by atoms with Gasteiger partial charge in [-0.2, -0.15) is 0 Å². The van der Waals surface area contributed by atoms with Crippen LogP contribution in [0.25, 0.3) is 11.3 Å². The molecular weight excluding hydrogens is 795 g/mol. The lowest BCUT2D eigenvalue weighted by Crippen LogP contribution is -2.50. The zero-order valence-electron chi connectivity index (χ0n) is 34.2. The van der Waals surface area contributed by atoms with Crippen LogP contribution in [0.3, 0.4) is 0 Å². The summed E-state index contributed by atoms with van der Waals surface area (Å²) in [4.78, 5) is 26.1. The van der Waals surface area contributed by atoms with E-state index >= 15 is 0 Å². The fraction of sp³-hybridized carbons (Fsp3) is 0.366. The SMILES string of the molecule is CC(C)(N)C(=O)N[C@H](COCc1ccccc1)c1nnc2ccc(S(C)(=O)=O)cn12.CSc1ccc2nnc([C@H](COCc3ccccc3)NC(=O)OC(C)(C)C)n2c1. The number of alkyl carbamates (subject to hydrolysis) is 1. The van der Waals surface area contributed by atoms with Crippen molar-refractivity contribution in [2.24, 2.45) is 5.73 Å². The number of thioether (sulfide) groups is 1. The van der Waals surface area contributed by atoms with E-state index in [1.54, 1.807) is 31.7 Å². The third-order valence-corrected chi connectivity index (χ3v) is 10.3. The molecule has 0 spiro atoms. The first-order valence-electron chi connectivity index (χ1n) is 18.7. The number of hydrogen-bond donors (Lipinski definition) is 3. The zero-order chi connectivity index (χ0) is 42.8. The molecule has 0 saturated heterocycles. The van der Waals surface area contributed by atoms with Crippen LogP contribution in [0.1, 0.15) is 69.5 Å². The Morgan fingerprint density at radius 2 is 1.22 bits per heavy atom. The van der Waals surface area contributed by atoms with Crippen molar-refractivity contribution < 1.29 is 32.2 Å². The summed E-state index contributed by atoms with van der Waals surface area (Å²) >= 11 is 1.62. The molecule has 4 N–H and O–H groups in total. The summed E-state index contributed by atoms with van der Waals surface area (Å²) in [6.07, 6.45) is 5.99. The molecule has 18 heteroatoms. The molecule has 6 rings (SSSR count). The van der Waals surface area contributed by atoms with Gasteiger partial charge in [0, 0.05) is 23.5 Å². The van der Waals surface area contributed by atoms with Crippen LogP contribution >= 0.6 is 11.8 Å². The molecule has 314 valence electrons. The third-order valence-electron chi connectivity index (χ3n) is 8.46. The van der Waals surface area contributed by atoms with E-state index in [0.717, 1.165) is 22.3 Å².